The molecule has 0 aromatic carbocycles. The molecule has 1 spiro atoms. The molecule has 4 rings (SSSR count). The van der Waals surface area contributed by atoms with Gasteiger partial charge in [-0.2, -0.15) is 0 Å². The highest BCUT2D eigenvalue weighted by Gasteiger charge is 2.77. The first-order chi connectivity index (χ1) is 10.3. The van der Waals surface area contributed by atoms with Gasteiger partial charge in [-0.25, -0.2) is 0 Å². The van der Waals surface area contributed by atoms with Crippen LogP contribution in [0.5, 0.6) is 0 Å². The van der Waals surface area contributed by atoms with Crippen molar-refractivity contribution in [2.45, 2.75) is 77.4 Å². The summed E-state index contributed by atoms with van der Waals surface area (Å²) in [6, 6.07) is 0. The van der Waals surface area contributed by atoms with Gasteiger partial charge in [0, 0.05) is 16.7 Å². The molecule has 3 fully saturated rings. The van der Waals surface area contributed by atoms with Crippen molar-refractivity contribution in [1.82, 2.24) is 0 Å². The number of rotatable bonds is 2. The van der Waals surface area contributed by atoms with E-state index in [1.165, 1.54) is 38.5 Å². The molecular formula is C20H31BrO. The zero-order valence-corrected chi connectivity index (χ0v) is 16.2. The topological polar surface area (TPSA) is 9.23 Å². The summed E-state index contributed by atoms with van der Waals surface area (Å²) in [5.41, 5.74) is 0.924. The Balaban J connectivity index is 1.86. The fraction of sp³-hybridized carbons (Fsp3) is 0.900. The zero-order chi connectivity index (χ0) is 15.8. The molecule has 0 N–H and O–H groups in total. The average Bonchev–Trinajstić information content (AvgIpc) is 2.44. The van der Waals surface area contributed by atoms with Gasteiger partial charge in [-0.3, -0.25) is 0 Å². The van der Waals surface area contributed by atoms with Crippen molar-refractivity contribution in [2.24, 2.45) is 28.6 Å². The maximum atomic E-state index is 6.92. The molecule has 1 nitrogen and oxygen atoms in total. The van der Waals surface area contributed by atoms with Gasteiger partial charge in [-0.1, -0.05) is 55.3 Å². The van der Waals surface area contributed by atoms with Gasteiger partial charge in [0.15, 0.2) is 0 Å². The van der Waals surface area contributed by atoms with Crippen molar-refractivity contribution in [2.75, 3.05) is 5.33 Å². The Morgan fingerprint density at radius 1 is 1.18 bits per heavy atom. The minimum absolute atomic E-state index is 0.00581. The largest absolute Gasteiger partial charge is 0.363 e. The first kappa shape index (κ1) is 15.7. The van der Waals surface area contributed by atoms with Gasteiger partial charge in [-0.15, -0.1) is 0 Å². The molecule has 3 aliphatic carbocycles. The monoisotopic (exact) mass is 366 g/mol. The van der Waals surface area contributed by atoms with Crippen LogP contribution in [0.2, 0.25) is 0 Å². The summed E-state index contributed by atoms with van der Waals surface area (Å²) in [5, 5.41) is 1.09. The van der Waals surface area contributed by atoms with Crippen LogP contribution in [0.1, 0.15) is 66.2 Å². The minimum atomic E-state index is 0.00581. The number of alkyl halides is 1. The lowest BCUT2D eigenvalue weighted by Crippen LogP contribution is -2.81. The highest BCUT2D eigenvalue weighted by atomic mass is 79.9. The molecule has 1 saturated heterocycles. The Hall–Kier alpha value is 0.180. The number of ether oxygens (including phenoxy) is 1. The summed E-state index contributed by atoms with van der Waals surface area (Å²) in [6.45, 7) is 9.78. The highest BCUT2D eigenvalue weighted by molar-refractivity contribution is 9.09. The van der Waals surface area contributed by atoms with Gasteiger partial charge in [0.1, 0.15) is 0 Å². The normalized spacial score (nSPS) is 56.3. The van der Waals surface area contributed by atoms with Crippen LogP contribution >= 0.6 is 15.9 Å². The number of hydrogen-bond donors (Lipinski definition) is 0. The summed E-state index contributed by atoms with van der Waals surface area (Å²) < 4.78 is 6.92. The quantitative estimate of drug-likeness (QED) is 0.447. The van der Waals surface area contributed by atoms with Crippen LogP contribution in [0.4, 0.5) is 0 Å². The van der Waals surface area contributed by atoms with E-state index in [1.54, 1.807) is 0 Å². The Kier molecular flexibility index (Phi) is 3.30. The fourth-order valence-corrected chi connectivity index (χ4v) is 8.40. The van der Waals surface area contributed by atoms with Crippen molar-refractivity contribution in [3.8, 4) is 0 Å². The van der Waals surface area contributed by atoms with Crippen molar-refractivity contribution in [1.29, 1.82) is 0 Å². The first-order valence-electron chi connectivity index (χ1n) is 9.27. The van der Waals surface area contributed by atoms with E-state index < -0.39 is 0 Å². The van der Waals surface area contributed by atoms with Gasteiger partial charge in [0.25, 0.3) is 0 Å². The predicted octanol–water partition coefficient (Wildman–Crippen LogP) is 5.73. The fourth-order valence-electron chi connectivity index (χ4n) is 7.27. The smallest absolute Gasteiger partial charge is 0.0997 e. The van der Waals surface area contributed by atoms with E-state index in [0.29, 0.717) is 16.7 Å². The molecule has 0 radical (unpaired) electrons. The van der Waals surface area contributed by atoms with Gasteiger partial charge in [-0.05, 0) is 56.3 Å². The first-order valence-corrected chi connectivity index (χ1v) is 10.4. The molecule has 0 amide bonds. The lowest BCUT2D eigenvalue weighted by molar-refractivity contribution is -0.402. The number of hydrogen-bond acceptors (Lipinski definition) is 1. The second kappa shape index (κ2) is 4.63. The number of halogens is 1. The third-order valence-electron chi connectivity index (χ3n) is 7.99. The molecule has 1 aliphatic heterocycles. The third-order valence-corrected chi connectivity index (χ3v) is 8.99. The Bertz CT molecular complexity index is 514. The van der Waals surface area contributed by atoms with Crippen LogP contribution < -0.4 is 0 Å². The molecule has 2 unspecified atom stereocenters. The summed E-state index contributed by atoms with van der Waals surface area (Å²) in [4.78, 5) is 0. The molecule has 2 heteroatoms. The van der Waals surface area contributed by atoms with E-state index in [9.17, 15) is 0 Å². The maximum Gasteiger partial charge on any atom is 0.0997 e. The Labute approximate surface area is 144 Å². The number of allylic oxidation sites excluding steroid dienone is 1. The SMILES string of the molecule is CC(C)C1CC=CC23O[C@]4(C)CCC[C@@](C)(CC[C@]12CBr)[C@H]34. The van der Waals surface area contributed by atoms with Gasteiger partial charge < -0.3 is 4.74 Å². The lowest BCUT2D eigenvalue weighted by atomic mass is 9.37. The van der Waals surface area contributed by atoms with Crippen molar-refractivity contribution in [3.05, 3.63) is 12.2 Å². The lowest BCUT2D eigenvalue weighted by Gasteiger charge is -2.78. The van der Waals surface area contributed by atoms with E-state index >= 15 is 0 Å². The van der Waals surface area contributed by atoms with Crippen molar-refractivity contribution >= 4 is 15.9 Å². The van der Waals surface area contributed by atoms with Crippen molar-refractivity contribution < 1.29 is 4.74 Å². The molecule has 0 bridgehead atoms. The molecule has 0 aromatic heterocycles. The second-order valence-electron chi connectivity index (χ2n) is 9.43. The van der Waals surface area contributed by atoms with Crippen LogP contribution in [-0.4, -0.2) is 16.5 Å². The molecule has 2 saturated carbocycles. The Morgan fingerprint density at radius 3 is 2.64 bits per heavy atom. The third kappa shape index (κ3) is 1.60. The molecule has 0 aromatic rings. The summed E-state index contributed by atoms with van der Waals surface area (Å²) in [7, 11) is 0. The molecule has 22 heavy (non-hydrogen) atoms. The van der Waals surface area contributed by atoms with E-state index in [4.69, 9.17) is 4.74 Å². The van der Waals surface area contributed by atoms with Crippen LogP contribution in [0.3, 0.4) is 0 Å². The summed E-state index contributed by atoms with van der Waals surface area (Å²) in [5.74, 6) is 2.18. The van der Waals surface area contributed by atoms with Gasteiger partial charge in [0.05, 0.1) is 11.2 Å². The van der Waals surface area contributed by atoms with Gasteiger partial charge >= 0.3 is 0 Å². The van der Waals surface area contributed by atoms with Crippen LogP contribution in [0.15, 0.2) is 12.2 Å². The standard InChI is InChI=1S/C20H31BrO/c1-14(2)15-7-5-10-20-16-17(3,11-12-19(15,20)13-21)8-6-9-18(16,4)22-20/h5,10,14-16H,6-9,11-13H2,1-4H3/t15?,16-,17-,18+,19-,20?/m0/s1. The molecule has 1 heterocycles. The molecule has 4 aliphatic rings. The average molecular weight is 367 g/mol. The zero-order valence-electron chi connectivity index (χ0n) is 14.6. The summed E-state index contributed by atoms with van der Waals surface area (Å²) >= 11 is 3.95. The van der Waals surface area contributed by atoms with Gasteiger partial charge in [0.2, 0.25) is 0 Å². The van der Waals surface area contributed by atoms with E-state index in [-0.39, 0.29) is 11.2 Å². The molecule has 6 atom stereocenters. The van der Waals surface area contributed by atoms with E-state index in [1.807, 2.05) is 0 Å². The van der Waals surface area contributed by atoms with Crippen LogP contribution in [0.25, 0.3) is 0 Å². The summed E-state index contributed by atoms with van der Waals surface area (Å²) in [6.07, 6.45) is 12.9. The minimum Gasteiger partial charge on any atom is -0.363 e. The molecular weight excluding hydrogens is 336 g/mol. The van der Waals surface area contributed by atoms with E-state index in [2.05, 4.69) is 55.8 Å². The Morgan fingerprint density at radius 2 is 1.95 bits per heavy atom. The second-order valence-corrected chi connectivity index (χ2v) is 9.99. The van der Waals surface area contributed by atoms with Crippen LogP contribution in [0, 0.1) is 28.6 Å². The highest BCUT2D eigenvalue weighted by Crippen LogP contribution is 2.75. The maximum absolute atomic E-state index is 6.92. The van der Waals surface area contributed by atoms with Crippen LogP contribution in [-0.2, 0) is 4.74 Å². The molecule has 124 valence electrons. The van der Waals surface area contributed by atoms with E-state index in [0.717, 1.165) is 17.2 Å². The predicted molar refractivity (Wildman–Crippen MR) is 95.2 cm³/mol. The van der Waals surface area contributed by atoms with Crippen molar-refractivity contribution in [3.63, 3.8) is 0 Å².